The van der Waals surface area contributed by atoms with Gasteiger partial charge in [0.05, 0.1) is 0 Å². The highest BCUT2D eigenvalue weighted by atomic mass is 32.2. The Kier molecular flexibility index (Phi) is 5.11. The van der Waals surface area contributed by atoms with E-state index in [1.165, 1.54) is 10.6 Å². The molecule has 5 nitrogen and oxygen atoms in total. The number of carbonyl (C=O) groups is 2. The summed E-state index contributed by atoms with van der Waals surface area (Å²) >= 11 is 1.89. The maximum absolute atomic E-state index is 12.0. The Labute approximate surface area is 122 Å². The van der Waals surface area contributed by atoms with E-state index in [4.69, 9.17) is 5.11 Å². The minimum atomic E-state index is -1.01. The number of carbonyl (C=O) groups excluding carboxylic acids is 1. The summed E-state index contributed by atoms with van der Waals surface area (Å²) < 4.78 is 1.46. The molecule has 2 N–H and O–H groups in total. The van der Waals surface area contributed by atoms with Crippen molar-refractivity contribution < 1.29 is 14.7 Å². The molecule has 0 bridgehead atoms. The first-order valence-corrected chi connectivity index (χ1v) is 8.09. The predicted molar refractivity (Wildman–Crippen MR) is 79.1 cm³/mol. The number of aromatic carboxylic acids is 1. The van der Waals surface area contributed by atoms with E-state index in [0.717, 1.165) is 25.7 Å². The molecule has 1 fully saturated rings. The number of nitrogens with zero attached hydrogens (tertiary/aromatic N) is 1. The van der Waals surface area contributed by atoms with Crippen LogP contribution in [0.4, 0.5) is 0 Å². The summed E-state index contributed by atoms with van der Waals surface area (Å²) in [5.41, 5.74) is 0.145. The van der Waals surface area contributed by atoms with Gasteiger partial charge in [-0.2, -0.15) is 11.8 Å². The van der Waals surface area contributed by atoms with Gasteiger partial charge in [0.1, 0.15) is 12.2 Å². The number of hydrogen-bond acceptors (Lipinski definition) is 3. The Morgan fingerprint density at radius 1 is 1.40 bits per heavy atom. The molecular formula is C14H20N2O3S. The Bertz CT molecular complexity index is 479. The Balaban J connectivity index is 1.84. The average Bonchev–Trinajstić information content (AvgIpc) is 2.87. The fourth-order valence-corrected chi connectivity index (χ4v) is 3.36. The fraction of sp³-hybridized carbons (Fsp3) is 0.571. The smallest absolute Gasteiger partial charge is 0.352 e. The van der Waals surface area contributed by atoms with Crippen LogP contribution in [0, 0.1) is 0 Å². The van der Waals surface area contributed by atoms with Crippen molar-refractivity contribution >= 4 is 23.6 Å². The first-order valence-electron chi connectivity index (χ1n) is 6.80. The van der Waals surface area contributed by atoms with Crippen LogP contribution >= 0.6 is 11.8 Å². The molecule has 0 aliphatic heterocycles. The third-order valence-electron chi connectivity index (χ3n) is 3.74. The van der Waals surface area contributed by atoms with Crippen LogP contribution in [-0.2, 0) is 11.3 Å². The largest absolute Gasteiger partial charge is 0.477 e. The Hall–Kier alpha value is -1.43. The van der Waals surface area contributed by atoms with Gasteiger partial charge in [-0.15, -0.1) is 0 Å². The first kappa shape index (κ1) is 15.0. The standard InChI is InChI=1S/C14H20N2O3S/c1-20-11-6-4-10(5-7-11)15-13(17)9-16-8-2-3-12(16)14(18)19/h2-3,8,10-11H,4-7,9H2,1H3,(H,15,17)(H,18,19). The quantitative estimate of drug-likeness (QED) is 0.871. The minimum absolute atomic E-state index is 0.0666. The van der Waals surface area contributed by atoms with Gasteiger partial charge >= 0.3 is 5.97 Å². The minimum Gasteiger partial charge on any atom is -0.477 e. The predicted octanol–water partition coefficient (Wildman–Crippen LogP) is 1.98. The molecule has 1 aromatic rings. The van der Waals surface area contributed by atoms with E-state index in [9.17, 15) is 9.59 Å². The van der Waals surface area contributed by atoms with E-state index in [-0.39, 0.29) is 24.2 Å². The van der Waals surface area contributed by atoms with Crippen LogP contribution in [0.1, 0.15) is 36.2 Å². The van der Waals surface area contributed by atoms with Gasteiger partial charge in [-0.25, -0.2) is 4.79 Å². The van der Waals surface area contributed by atoms with E-state index < -0.39 is 5.97 Å². The molecule has 0 saturated heterocycles. The summed E-state index contributed by atoms with van der Waals surface area (Å²) in [4.78, 5) is 22.9. The fourth-order valence-electron chi connectivity index (χ4n) is 2.62. The number of nitrogens with one attached hydrogen (secondary N) is 1. The second-order valence-corrected chi connectivity index (χ2v) is 6.24. The number of aromatic nitrogens is 1. The van der Waals surface area contributed by atoms with Gasteiger partial charge in [0, 0.05) is 17.5 Å². The number of rotatable bonds is 5. The van der Waals surface area contributed by atoms with Gasteiger partial charge < -0.3 is 15.0 Å². The topological polar surface area (TPSA) is 71.3 Å². The zero-order valence-electron chi connectivity index (χ0n) is 11.5. The first-order chi connectivity index (χ1) is 9.60. The summed E-state index contributed by atoms with van der Waals surface area (Å²) in [6.07, 6.45) is 8.03. The molecule has 2 rings (SSSR count). The van der Waals surface area contributed by atoms with Crippen molar-refractivity contribution in [1.82, 2.24) is 9.88 Å². The van der Waals surface area contributed by atoms with Gasteiger partial charge in [0.2, 0.25) is 5.91 Å². The highest BCUT2D eigenvalue weighted by molar-refractivity contribution is 7.99. The lowest BCUT2D eigenvalue weighted by Crippen LogP contribution is -2.40. The molecule has 0 aromatic carbocycles. The monoisotopic (exact) mass is 296 g/mol. The van der Waals surface area contributed by atoms with E-state index in [1.807, 2.05) is 11.8 Å². The highest BCUT2D eigenvalue weighted by Gasteiger charge is 2.22. The van der Waals surface area contributed by atoms with Crippen LogP contribution < -0.4 is 5.32 Å². The van der Waals surface area contributed by atoms with Gasteiger partial charge in [-0.05, 0) is 44.1 Å². The lowest BCUT2D eigenvalue weighted by molar-refractivity contribution is -0.122. The van der Waals surface area contributed by atoms with Crippen LogP contribution in [0.25, 0.3) is 0 Å². The SMILES string of the molecule is CSC1CCC(NC(=O)Cn2cccc2C(=O)O)CC1. The lowest BCUT2D eigenvalue weighted by Gasteiger charge is -2.28. The van der Waals surface area contributed by atoms with Crippen LogP contribution in [0.2, 0.25) is 0 Å². The van der Waals surface area contributed by atoms with Crippen molar-refractivity contribution in [1.29, 1.82) is 0 Å². The number of thioether (sulfide) groups is 1. The molecule has 0 unspecified atom stereocenters. The molecule has 0 spiro atoms. The summed E-state index contributed by atoms with van der Waals surface area (Å²) in [6.45, 7) is 0.0666. The molecular weight excluding hydrogens is 276 g/mol. The second kappa shape index (κ2) is 6.83. The van der Waals surface area contributed by atoms with Crippen LogP contribution in [0.3, 0.4) is 0 Å². The van der Waals surface area contributed by atoms with Crippen LogP contribution in [0.5, 0.6) is 0 Å². The van der Waals surface area contributed by atoms with Crippen molar-refractivity contribution in [2.45, 2.75) is 43.5 Å². The zero-order chi connectivity index (χ0) is 14.5. The van der Waals surface area contributed by atoms with Gasteiger partial charge in [-0.1, -0.05) is 0 Å². The van der Waals surface area contributed by atoms with Crippen molar-refractivity contribution in [3.8, 4) is 0 Å². The zero-order valence-corrected chi connectivity index (χ0v) is 12.4. The molecule has 0 atom stereocenters. The normalized spacial score (nSPS) is 22.4. The maximum atomic E-state index is 12.0. The van der Waals surface area contributed by atoms with Gasteiger partial charge in [0.15, 0.2) is 0 Å². The highest BCUT2D eigenvalue weighted by Crippen LogP contribution is 2.26. The second-order valence-electron chi connectivity index (χ2n) is 5.10. The number of carboxylic acids is 1. The average molecular weight is 296 g/mol. The van der Waals surface area contributed by atoms with Crippen molar-refractivity contribution in [2.24, 2.45) is 0 Å². The van der Waals surface area contributed by atoms with Crippen molar-refractivity contribution in [3.63, 3.8) is 0 Å². The molecule has 20 heavy (non-hydrogen) atoms. The van der Waals surface area contributed by atoms with Gasteiger partial charge in [-0.3, -0.25) is 4.79 Å². The molecule has 1 amide bonds. The molecule has 6 heteroatoms. The van der Waals surface area contributed by atoms with E-state index in [2.05, 4.69) is 11.6 Å². The van der Waals surface area contributed by atoms with Crippen molar-refractivity contribution in [2.75, 3.05) is 6.26 Å². The number of carboxylic acid groups (broad SMARTS) is 1. The number of hydrogen-bond donors (Lipinski definition) is 2. The molecule has 0 radical (unpaired) electrons. The maximum Gasteiger partial charge on any atom is 0.352 e. The summed E-state index contributed by atoms with van der Waals surface area (Å²) in [6, 6.07) is 3.37. The number of amides is 1. The third kappa shape index (κ3) is 3.79. The summed E-state index contributed by atoms with van der Waals surface area (Å²) in [5.74, 6) is -1.13. The molecule has 110 valence electrons. The van der Waals surface area contributed by atoms with E-state index in [1.54, 1.807) is 12.3 Å². The van der Waals surface area contributed by atoms with Crippen molar-refractivity contribution in [3.05, 3.63) is 24.0 Å². The lowest BCUT2D eigenvalue weighted by atomic mass is 9.95. The molecule has 1 saturated carbocycles. The van der Waals surface area contributed by atoms with Gasteiger partial charge in [0.25, 0.3) is 0 Å². The summed E-state index contributed by atoms with van der Waals surface area (Å²) in [5, 5.41) is 12.7. The van der Waals surface area contributed by atoms with E-state index in [0.29, 0.717) is 5.25 Å². The Morgan fingerprint density at radius 2 is 2.10 bits per heavy atom. The van der Waals surface area contributed by atoms with Crippen LogP contribution in [0.15, 0.2) is 18.3 Å². The molecule has 1 aliphatic carbocycles. The molecule has 1 aromatic heterocycles. The molecule has 1 aliphatic rings. The third-order valence-corrected chi connectivity index (χ3v) is 4.87. The van der Waals surface area contributed by atoms with Crippen LogP contribution in [-0.4, -0.2) is 39.1 Å². The van der Waals surface area contributed by atoms with E-state index >= 15 is 0 Å². The Morgan fingerprint density at radius 3 is 2.70 bits per heavy atom. The molecule has 1 heterocycles. The summed E-state index contributed by atoms with van der Waals surface area (Å²) in [7, 11) is 0.